The molecule has 1 aliphatic carbocycles. The van der Waals surface area contributed by atoms with E-state index in [1.807, 2.05) is 0 Å². The molecule has 3 unspecified atom stereocenters. The van der Waals surface area contributed by atoms with Gasteiger partial charge in [-0.25, -0.2) is 0 Å². The van der Waals surface area contributed by atoms with Gasteiger partial charge in [-0.15, -0.1) is 0 Å². The van der Waals surface area contributed by atoms with Crippen molar-refractivity contribution >= 4 is 0 Å². The van der Waals surface area contributed by atoms with Crippen LogP contribution in [0.25, 0.3) is 0 Å². The molecule has 154 valence electrons. The summed E-state index contributed by atoms with van der Waals surface area (Å²) < 4.78 is 10.9. The van der Waals surface area contributed by atoms with E-state index in [9.17, 15) is 5.11 Å². The molecule has 0 radical (unpaired) electrons. The Morgan fingerprint density at radius 2 is 1.56 bits per heavy atom. The van der Waals surface area contributed by atoms with Crippen LogP contribution in [0.5, 0.6) is 0 Å². The molecule has 1 N–H and O–H groups in total. The second-order valence-corrected chi connectivity index (χ2v) is 8.12. The van der Waals surface area contributed by atoms with Crippen molar-refractivity contribution in [2.75, 3.05) is 14.2 Å². The molecule has 0 amide bonds. The number of methoxy groups -OCH3 is 2. The predicted octanol–water partition coefficient (Wildman–Crippen LogP) is 6.32. The highest BCUT2D eigenvalue weighted by molar-refractivity contribution is 5.15. The number of allylic oxidation sites excluding steroid dienone is 7. The van der Waals surface area contributed by atoms with Crippen molar-refractivity contribution in [1.82, 2.24) is 0 Å². The van der Waals surface area contributed by atoms with E-state index in [2.05, 4.69) is 52.8 Å². The van der Waals surface area contributed by atoms with E-state index in [1.165, 1.54) is 16.7 Å². The van der Waals surface area contributed by atoms with Gasteiger partial charge in [-0.05, 0) is 65.7 Å². The standard InChI is InChI=1S/C24H40O3/c1-17(2)10-8-11-18(3)12-9-13-19(4)14-15-21-20(5)24(27-7)23(26-6)16-22(21)25/h10,12,14,20-22,25H,8-9,11,13,15-16H2,1-7H3. The minimum absolute atomic E-state index is 0.162. The summed E-state index contributed by atoms with van der Waals surface area (Å²) in [5, 5.41) is 10.5. The molecule has 3 nitrogen and oxygen atoms in total. The highest BCUT2D eigenvalue weighted by Gasteiger charge is 2.35. The maximum atomic E-state index is 10.5. The van der Waals surface area contributed by atoms with Crippen LogP contribution in [0.1, 0.15) is 73.1 Å². The Hall–Kier alpha value is -1.48. The fourth-order valence-electron chi connectivity index (χ4n) is 3.74. The molecule has 3 atom stereocenters. The van der Waals surface area contributed by atoms with Gasteiger partial charge in [0.05, 0.1) is 20.3 Å². The number of ether oxygens (including phenoxy) is 2. The molecule has 0 aromatic rings. The van der Waals surface area contributed by atoms with Crippen LogP contribution in [0.2, 0.25) is 0 Å². The van der Waals surface area contributed by atoms with E-state index >= 15 is 0 Å². The minimum Gasteiger partial charge on any atom is -0.497 e. The lowest BCUT2D eigenvalue weighted by molar-refractivity contribution is 0.0280. The van der Waals surface area contributed by atoms with Crippen LogP contribution in [-0.2, 0) is 9.47 Å². The Balaban J connectivity index is 2.54. The average Bonchev–Trinajstić information content (AvgIpc) is 2.60. The van der Waals surface area contributed by atoms with Crippen molar-refractivity contribution in [1.29, 1.82) is 0 Å². The van der Waals surface area contributed by atoms with Gasteiger partial charge in [-0.2, -0.15) is 0 Å². The van der Waals surface area contributed by atoms with Gasteiger partial charge in [0.2, 0.25) is 0 Å². The van der Waals surface area contributed by atoms with E-state index in [-0.39, 0.29) is 17.9 Å². The summed E-state index contributed by atoms with van der Waals surface area (Å²) in [6.07, 6.45) is 12.4. The smallest absolute Gasteiger partial charge is 0.136 e. The molecular weight excluding hydrogens is 336 g/mol. The lowest BCUT2D eigenvalue weighted by atomic mass is 9.78. The van der Waals surface area contributed by atoms with Gasteiger partial charge in [0.15, 0.2) is 0 Å². The molecule has 27 heavy (non-hydrogen) atoms. The van der Waals surface area contributed by atoms with Gasteiger partial charge < -0.3 is 14.6 Å². The molecule has 1 rings (SSSR count). The van der Waals surface area contributed by atoms with E-state index < -0.39 is 0 Å². The molecular formula is C24H40O3. The Bertz CT molecular complexity index is 576. The Morgan fingerprint density at radius 3 is 2.11 bits per heavy atom. The summed E-state index contributed by atoms with van der Waals surface area (Å²) in [6.45, 7) is 10.8. The molecule has 0 aliphatic heterocycles. The third-order valence-electron chi connectivity index (χ3n) is 5.55. The highest BCUT2D eigenvalue weighted by Crippen LogP contribution is 2.37. The van der Waals surface area contributed by atoms with Gasteiger partial charge >= 0.3 is 0 Å². The summed E-state index contributed by atoms with van der Waals surface area (Å²) >= 11 is 0. The van der Waals surface area contributed by atoms with E-state index in [0.717, 1.165) is 43.6 Å². The summed E-state index contributed by atoms with van der Waals surface area (Å²) in [6, 6.07) is 0. The van der Waals surface area contributed by atoms with Crippen molar-refractivity contribution in [3.8, 4) is 0 Å². The molecule has 0 fully saturated rings. The first kappa shape index (κ1) is 23.6. The van der Waals surface area contributed by atoms with Crippen LogP contribution in [0.3, 0.4) is 0 Å². The summed E-state index contributed by atoms with van der Waals surface area (Å²) in [7, 11) is 3.33. The molecule has 0 saturated carbocycles. The topological polar surface area (TPSA) is 38.7 Å². The Labute approximate surface area is 166 Å². The van der Waals surface area contributed by atoms with Crippen molar-refractivity contribution < 1.29 is 14.6 Å². The summed E-state index contributed by atoms with van der Waals surface area (Å²) in [4.78, 5) is 0. The fourth-order valence-corrected chi connectivity index (χ4v) is 3.74. The lowest BCUT2D eigenvalue weighted by Gasteiger charge is -2.35. The van der Waals surface area contributed by atoms with Crippen LogP contribution >= 0.6 is 0 Å². The van der Waals surface area contributed by atoms with E-state index in [1.54, 1.807) is 14.2 Å². The van der Waals surface area contributed by atoms with Gasteiger partial charge in [0.1, 0.15) is 11.5 Å². The molecule has 1 aliphatic rings. The summed E-state index contributed by atoms with van der Waals surface area (Å²) in [5.41, 5.74) is 4.26. The normalized spacial score (nSPS) is 24.1. The predicted molar refractivity (Wildman–Crippen MR) is 114 cm³/mol. The largest absolute Gasteiger partial charge is 0.497 e. The molecule has 0 bridgehead atoms. The van der Waals surface area contributed by atoms with Gasteiger partial charge in [-0.3, -0.25) is 0 Å². The number of hydrogen-bond acceptors (Lipinski definition) is 3. The molecule has 0 heterocycles. The number of rotatable bonds is 10. The first-order valence-corrected chi connectivity index (χ1v) is 10.2. The molecule has 0 aromatic carbocycles. The molecule has 0 saturated heterocycles. The van der Waals surface area contributed by atoms with Crippen molar-refractivity contribution in [3.63, 3.8) is 0 Å². The van der Waals surface area contributed by atoms with Crippen LogP contribution < -0.4 is 0 Å². The zero-order valence-electron chi connectivity index (χ0n) is 18.5. The van der Waals surface area contributed by atoms with Gasteiger partial charge in [0, 0.05) is 12.3 Å². The second kappa shape index (κ2) is 12.1. The summed E-state index contributed by atoms with van der Waals surface area (Å²) in [5.74, 6) is 2.00. The monoisotopic (exact) mass is 376 g/mol. The van der Waals surface area contributed by atoms with E-state index in [0.29, 0.717) is 6.42 Å². The fraction of sp³-hybridized carbons (Fsp3) is 0.667. The van der Waals surface area contributed by atoms with Crippen LogP contribution in [0.15, 0.2) is 46.5 Å². The van der Waals surface area contributed by atoms with Crippen LogP contribution in [0, 0.1) is 11.8 Å². The van der Waals surface area contributed by atoms with Crippen molar-refractivity contribution in [3.05, 3.63) is 46.5 Å². The zero-order chi connectivity index (χ0) is 20.4. The quantitative estimate of drug-likeness (QED) is 0.454. The van der Waals surface area contributed by atoms with Crippen molar-refractivity contribution in [2.24, 2.45) is 11.8 Å². The van der Waals surface area contributed by atoms with Crippen LogP contribution in [-0.4, -0.2) is 25.4 Å². The number of aliphatic hydroxyl groups excluding tert-OH is 1. The first-order valence-electron chi connectivity index (χ1n) is 10.2. The molecule has 0 spiro atoms. The second-order valence-electron chi connectivity index (χ2n) is 8.12. The minimum atomic E-state index is -0.380. The third-order valence-corrected chi connectivity index (χ3v) is 5.55. The van der Waals surface area contributed by atoms with Gasteiger partial charge in [0.25, 0.3) is 0 Å². The Kier molecular flexibility index (Phi) is 10.5. The third kappa shape index (κ3) is 7.96. The Morgan fingerprint density at radius 1 is 0.963 bits per heavy atom. The van der Waals surface area contributed by atoms with Crippen LogP contribution in [0.4, 0.5) is 0 Å². The lowest BCUT2D eigenvalue weighted by Crippen LogP contribution is -2.33. The SMILES string of the molecule is COC1=C(OC)C(C)C(CC=C(C)CCC=C(C)CCC=C(C)C)C(O)C1. The van der Waals surface area contributed by atoms with Crippen molar-refractivity contribution in [2.45, 2.75) is 79.2 Å². The maximum absolute atomic E-state index is 10.5. The number of hydrogen-bond donors (Lipinski definition) is 1. The zero-order valence-corrected chi connectivity index (χ0v) is 18.5. The van der Waals surface area contributed by atoms with Gasteiger partial charge in [-0.1, -0.05) is 41.9 Å². The van der Waals surface area contributed by atoms with E-state index in [4.69, 9.17) is 9.47 Å². The molecule has 3 heteroatoms. The maximum Gasteiger partial charge on any atom is 0.136 e. The first-order chi connectivity index (χ1) is 12.8. The molecule has 0 aromatic heterocycles. The average molecular weight is 377 g/mol. The highest BCUT2D eigenvalue weighted by atomic mass is 16.5. The number of aliphatic hydroxyl groups is 1.